The summed E-state index contributed by atoms with van der Waals surface area (Å²) in [5, 5.41) is 0. The number of rotatable bonds is 12. The van der Waals surface area contributed by atoms with Crippen LogP contribution in [0.3, 0.4) is 0 Å². The zero-order chi connectivity index (χ0) is 30.2. The molecule has 0 aliphatic carbocycles. The topological polar surface area (TPSA) is 87.6 Å². The predicted octanol–water partition coefficient (Wildman–Crippen LogP) is 7.34. The average Bonchev–Trinajstić information content (AvgIpc) is 3.60. The lowest BCUT2D eigenvalue weighted by molar-refractivity contribution is -0.138. The summed E-state index contributed by atoms with van der Waals surface area (Å²) < 4.78 is 97.0. The van der Waals surface area contributed by atoms with Crippen LogP contribution in [-0.4, -0.2) is 29.0 Å². The van der Waals surface area contributed by atoms with Gasteiger partial charge in [-0.2, -0.15) is 26.3 Å². The van der Waals surface area contributed by atoms with Crippen molar-refractivity contribution >= 4 is 30.1 Å². The van der Waals surface area contributed by atoms with Gasteiger partial charge in [-0.15, -0.1) is 0 Å². The molecule has 0 spiro atoms. The molecule has 0 saturated heterocycles. The number of nitrogens with zero attached hydrogens (tertiary/aromatic N) is 2. The van der Waals surface area contributed by atoms with E-state index in [9.17, 15) is 31.1 Å². The lowest BCUT2D eigenvalue weighted by Gasteiger charge is -2.05. The number of hydrogen-bond acceptors (Lipinski definition) is 7. The van der Waals surface area contributed by atoms with E-state index in [2.05, 4.69) is 9.97 Å². The minimum absolute atomic E-state index is 0.0126. The Morgan fingerprint density at radius 2 is 1.02 bits per heavy atom. The highest BCUT2D eigenvalue weighted by atomic mass is 19.4. The van der Waals surface area contributed by atoms with Gasteiger partial charge in [0.15, 0.2) is 5.78 Å². The Bertz CT molecular complexity index is 1400. The molecule has 2 heterocycles. The summed E-state index contributed by atoms with van der Waals surface area (Å²) in [7, 11) is 0. The van der Waals surface area contributed by atoms with Gasteiger partial charge in [0, 0.05) is 12.2 Å². The number of halogens is 6. The van der Waals surface area contributed by atoms with Crippen LogP contribution in [0.5, 0.6) is 0 Å². The van der Waals surface area contributed by atoms with Gasteiger partial charge in [-0.1, -0.05) is 24.3 Å². The van der Waals surface area contributed by atoms with E-state index in [1.807, 2.05) is 0 Å². The molecule has 0 radical (unpaired) electrons. The predicted molar refractivity (Wildman–Crippen MR) is 138 cm³/mol. The monoisotopic (exact) mass is 592 g/mol. The van der Waals surface area contributed by atoms with Crippen LogP contribution in [0, 0.1) is 0 Å². The van der Waals surface area contributed by atoms with E-state index in [1.165, 1.54) is 48.9 Å². The molecular weight excluding hydrogens is 570 g/mol. The quantitative estimate of drug-likeness (QED) is 0.159. The van der Waals surface area contributed by atoms with Crippen LogP contribution in [0.25, 0.3) is 24.3 Å². The number of ketones is 1. The molecule has 0 aliphatic rings. The minimum atomic E-state index is -4.41. The highest BCUT2D eigenvalue weighted by molar-refractivity contribution is 5.80. The Balaban J connectivity index is 1.14. The molecule has 0 unspecified atom stereocenters. The number of hydrogen-bond donors (Lipinski definition) is 0. The first-order valence-corrected chi connectivity index (χ1v) is 12.2. The number of alkyl halides is 6. The van der Waals surface area contributed by atoms with E-state index in [1.54, 1.807) is 12.2 Å². The van der Waals surface area contributed by atoms with Crippen LogP contribution in [0.1, 0.15) is 45.4 Å². The second-order valence-corrected chi connectivity index (χ2v) is 8.78. The normalized spacial score (nSPS) is 12.5. The number of Topliss-reactive ketones (excluding diaryl/α,β-unsaturated/α-hetero) is 1. The number of oxazole rings is 2. The summed E-state index contributed by atoms with van der Waals surface area (Å²) in [6.45, 7) is -0.518. The van der Waals surface area contributed by atoms with Crippen LogP contribution in [0.2, 0.25) is 0 Å². The summed E-state index contributed by atoms with van der Waals surface area (Å²) in [6.07, 6.45) is -0.0660. The maximum absolute atomic E-state index is 12.6. The van der Waals surface area contributed by atoms with Gasteiger partial charge in [-0.05, 0) is 47.5 Å². The van der Waals surface area contributed by atoms with E-state index in [4.69, 9.17) is 18.3 Å². The second-order valence-electron chi connectivity index (χ2n) is 8.78. The summed E-state index contributed by atoms with van der Waals surface area (Å²) >= 11 is 0. The number of carbonyl (C=O) groups excluding carboxylic acids is 1. The summed E-state index contributed by atoms with van der Waals surface area (Å²) in [6, 6.07) is 9.21. The van der Waals surface area contributed by atoms with Crippen LogP contribution in [0.15, 0.2) is 69.9 Å². The fraction of sp³-hybridized carbons (Fsp3) is 0.207. The zero-order valence-corrected chi connectivity index (χ0v) is 21.6. The third-order valence-electron chi connectivity index (χ3n) is 5.48. The molecule has 42 heavy (non-hydrogen) atoms. The third-order valence-corrected chi connectivity index (χ3v) is 5.48. The third kappa shape index (κ3) is 9.28. The number of ether oxygens (including phenoxy) is 2. The highest BCUT2D eigenvalue weighted by Crippen LogP contribution is 2.30. The van der Waals surface area contributed by atoms with E-state index in [0.29, 0.717) is 22.5 Å². The van der Waals surface area contributed by atoms with Crippen LogP contribution >= 0.6 is 0 Å². The van der Waals surface area contributed by atoms with Gasteiger partial charge < -0.3 is 18.3 Å². The van der Waals surface area contributed by atoms with E-state index in [0.717, 1.165) is 24.3 Å². The summed E-state index contributed by atoms with van der Waals surface area (Å²) in [4.78, 5) is 20.3. The Morgan fingerprint density at radius 1 is 0.643 bits per heavy atom. The SMILES string of the molecule is O=C(COCc1coc(/C=C/c2ccc(C(F)(F)F)cc2)n1)COCc1coc(/C=C/c2ccc(C(F)(F)F)cc2)n1. The molecule has 0 fully saturated rings. The minimum Gasteiger partial charge on any atom is -0.445 e. The van der Waals surface area contributed by atoms with Gasteiger partial charge >= 0.3 is 12.4 Å². The fourth-order valence-electron chi connectivity index (χ4n) is 3.41. The fourth-order valence-corrected chi connectivity index (χ4v) is 3.41. The van der Waals surface area contributed by atoms with Crippen molar-refractivity contribution in [1.29, 1.82) is 0 Å². The van der Waals surface area contributed by atoms with Gasteiger partial charge in [-0.3, -0.25) is 4.79 Å². The standard InChI is InChI=1S/C29H22F6N2O5/c30-28(31,32)21-7-1-19(2-8-21)5-11-26-36-23(15-41-26)13-39-17-25(38)18-40-14-24-16-42-27(37-24)12-6-20-3-9-22(10-4-20)29(33,34)35/h1-12,15-16H,13-14,17-18H2/b11-5+,12-6+. The summed E-state index contributed by atoms with van der Waals surface area (Å²) in [5.41, 5.74) is 0.396. The van der Waals surface area contributed by atoms with Gasteiger partial charge in [0.25, 0.3) is 0 Å². The van der Waals surface area contributed by atoms with Gasteiger partial charge in [0.1, 0.15) is 37.1 Å². The maximum atomic E-state index is 12.6. The molecule has 13 heteroatoms. The van der Waals surface area contributed by atoms with Gasteiger partial charge in [-0.25, -0.2) is 9.97 Å². The van der Waals surface area contributed by atoms with Crippen molar-refractivity contribution in [1.82, 2.24) is 9.97 Å². The van der Waals surface area contributed by atoms with Crippen LogP contribution in [0.4, 0.5) is 26.3 Å². The number of carbonyl (C=O) groups is 1. The molecule has 0 bridgehead atoms. The smallest absolute Gasteiger partial charge is 0.416 e. The largest absolute Gasteiger partial charge is 0.445 e. The Labute approximate surface area is 235 Å². The number of benzene rings is 2. The Morgan fingerprint density at radius 3 is 1.38 bits per heavy atom. The molecule has 0 atom stereocenters. The summed E-state index contributed by atoms with van der Waals surface area (Å²) in [5.74, 6) is 0.0838. The van der Waals surface area contributed by atoms with Crippen molar-refractivity contribution < 1.29 is 49.4 Å². The molecular formula is C29H22F6N2O5. The van der Waals surface area contributed by atoms with Crippen molar-refractivity contribution in [3.05, 3.63) is 106 Å². The molecule has 0 aliphatic heterocycles. The molecule has 2 aromatic carbocycles. The van der Waals surface area contributed by atoms with Crippen LogP contribution in [-0.2, 0) is 39.8 Å². The van der Waals surface area contributed by atoms with Gasteiger partial charge in [0.2, 0.25) is 11.8 Å². The zero-order valence-electron chi connectivity index (χ0n) is 21.6. The highest BCUT2D eigenvalue weighted by Gasteiger charge is 2.30. The Hall–Kier alpha value is -4.49. The van der Waals surface area contributed by atoms with Crippen molar-refractivity contribution in [2.45, 2.75) is 25.6 Å². The van der Waals surface area contributed by atoms with E-state index in [-0.39, 0.29) is 44.0 Å². The lowest BCUT2D eigenvalue weighted by Crippen LogP contribution is -2.15. The molecule has 7 nitrogen and oxygen atoms in total. The molecule has 220 valence electrons. The Kier molecular flexibility index (Phi) is 9.76. The van der Waals surface area contributed by atoms with Crippen molar-refractivity contribution in [2.75, 3.05) is 13.2 Å². The number of aromatic nitrogens is 2. The molecule has 4 rings (SSSR count). The van der Waals surface area contributed by atoms with Gasteiger partial charge in [0.05, 0.1) is 24.3 Å². The molecule has 2 aromatic heterocycles. The second kappa shape index (κ2) is 13.4. The first kappa shape index (κ1) is 30.5. The van der Waals surface area contributed by atoms with Crippen molar-refractivity contribution in [3.8, 4) is 0 Å². The molecule has 0 N–H and O–H groups in total. The van der Waals surface area contributed by atoms with Crippen molar-refractivity contribution in [3.63, 3.8) is 0 Å². The lowest BCUT2D eigenvalue weighted by atomic mass is 10.1. The first-order chi connectivity index (χ1) is 20.0. The van der Waals surface area contributed by atoms with E-state index >= 15 is 0 Å². The van der Waals surface area contributed by atoms with E-state index < -0.39 is 23.5 Å². The van der Waals surface area contributed by atoms with Crippen molar-refractivity contribution in [2.24, 2.45) is 0 Å². The average molecular weight is 592 g/mol. The molecule has 0 saturated carbocycles. The molecule has 0 amide bonds. The maximum Gasteiger partial charge on any atom is 0.416 e. The molecule has 4 aromatic rings. The van der Waals surface area contributed by atoms with Crippen LogP contribution < -0.4 is 0 Å². The first-order valence-electron chi connectivity index (χ1n) is 12.2.